The summed E-state index contributed by atoms with van der Waals surface area (Å²) in [7, 11) is -0.776. The maximum absolute atomic E-state index is 13.7. The van der Waals surface area contributed by atoms with E-state index in [9.17, 15) is 31.2 Å². The van der Waals surface area contributed by atoms with Gasteiger partial charge in [-0.25, -0.2) is 13.2 Å². The van der Waals surface area contributed by atoms with Gasteiger partial charge in [0, 0.05) is 11.8 Å². The van der Waals surface area contributed by atoms with Gasteiger partial charge < -0.3 is 19.5 Å². The van der Waals surface area contributed by atoms with Gasteiger partial charge in [0.05, 0.1) is 43.0 Å². The lowest BCUT2D eigenvalue weighted by molar-refractivity contribution is -0.137. The van der Waals surface area contributed by atoms with Crippen molar-refractivity contribution in [2.24, 2.45) is 0 Å². The van der Waals surface area contributed by atoms with E-state index in [1.165, 1.54) is 45.6 Å². The van der Waals surface area contributed by atoms with Crippen molar-refractivity contribution >= 4 is 33.3 Å². The molecule has 3 aromatic carbocycles. The molecule has 0 saturated heterocycles. The van der Waals surface area contributed by atoms with Gasteiger partial charge in [0.1, 0.15) is 6.54 Å². The Hall–Kier alpha value is -4.26. The van der Waals surface area contributed by atoms with Crippen molar-refractivity contribution in [2.45, 2.75) is 18.0 Å². The van der Waals surface area contributed by atoms with Crippen LogP contribution < -0.4 is 19.1 Å². The second-order valence-electron chi connectivity index (χ2n) is 8.15. The molecule has 39 heavy (non-hydrogen) atoms. The number of benzene rings is 3. The molecule has 208 valence electrons. The maximum atomic E-state index is 13.7. The summed E-state index contributed by atoms with van der Waals surface area (Å²) < 4.78 is 83.3. The Morgan fingerprint density at radius 3 is 2.23 bits per heavy atom. The molecule has 13 heteroatoms. The third-order valence-electron chi connectivity index (χ3n) is 5.62. The van der Waals surface area contributed by atoms with E-state index in [0.717, 1.165) is 24.3 Å². The first-order chi connectivity index (χ1) is 18.3. The molecular formula is C26H25F3N2O7S. The number of anilines is 2. The number of methoxy groups -OCH3 is 3. The van der Waals surface area contributed by atoms with Crippen LogP contribution >= 0.6 is 0 Å². The van der Waals surface area contributed by atoms with Crippen LogP contribution in [0.2, 0.25) is 0 Å². The van der Waals surface area contributed by atoms with Gasteiger partial charge in [0.15, 0.2) is 11.5 Å². The fourth-order valence-corrected chi connectivity index (χ4v) is 5.01. The number of hydrogen-bond acceptors (Lipinski definition) is 7. The summed E-state index contributed by atoms with van der Waals surface area (Å²) in [6, 6.07) is 11.6. The lowest BCUT2D eigenvalue weighted by atomic mass is 10.1. The number of ether oxygens (including phenoxy) is 3. The molecule has 0 heterocycles. The van der Waals surface area contributed by atoms with Crippen LogP contribution in [0.15, 0.2) is 65.6 Å². The maximum Gasteiger partial charge on any atom is 0.416 e. The number of nitrogens with one attached hydrogen (secondary N) is 1. The summed E-state index contributed by atoms with van der Waals surface area (Å²) in [6.07, 6.45) is -4.76. The van der Waals surface area contributed by atoms with Crippen molar-refractivity contribution in [3.05, 3.63) is 77.4 Å². The van der Waals surface area contributed by atoms with Gasteiger partial charge >= 0.3 is 12.1 Å². The Morgan fingerprint density at radius 2 is 1.62 bits per heavy atom. The smallest absolute Gasteiger partial charge is 0.416 e. The van der Waals surface area contributed by atoms with Crippen LogP contribution in [0.25, 0.3) is 0 Å². The number of esters is 1. The van der Waals surface area contributed by atoms with E-state index in [1.54, 1.807) is 13.0 Å². The summed E-state index contributed by atoms with van der Waals surface area (Å²) in [5.74, 6) is -1.25. The highest BCUT2D eigenvalue weighted by molar-refractivity contribution is 7.92. The lowest BCUT2D eigenvalue weighted by Crippen LogP contribution is -2.38. The van der Waals surface area contributed by atoms with Crippen LogP contribution in [-0.2, 0) is 25.7 Å². The van der Waals surface area contributed by atoms with E-state index in [2.05, 4.69) is 10.1 Å². The molecule has 1 amide bonds. The normalized spacial score (nSPS) is 11.5. The molecule has 1 N–H and O–H groups in total. The molecule has 0 radical (unpaired) electrons. The number of hydrogen-bond donors (Lipinski definition) is 1. The van der Waals surface area contributed by atoms with Crippen molar-refractivity contribution in [2.75, 3.05) is 37.5 Å². The fourth-order valence-electron chi connectivity index (χ4n) is 3.58. The minimum absolute atomic E-state index is 0.0577. The second kappa shape index (κ2) is 11.6. The first-order valence-electron chi connectivity index (χ1n) is 11.2. The number of sulfonamides is 1. The summed E-state index contributed by atoms with van der Waals surface area (Å²) in [4.78, 5) is 24.6. The van der Waals surface area contributed by atoms with E-state index in [1.807, 2.05) is 0 Å². The minimum atomic E-state index is -4.76. The van der Waals surface area contributed by atoms with Gasteiger partial charge in [-0.1, -0.05) is 12.1 Å². The van der Waals surface area contributed by atoms with Gasteiger partial charge in [0.25, 0.3) is 10.0 Å². The largest absolute Gasteiger partial charge is 0.493 e. The van der Waals surface area contributed by atoms with Crippen LogP contribution in [0, 0.1) is 6.92 Å². The number of nitrogens with zero attached hydrogens (tertiary/aromatic N) is 1. The topological polar surface area (TPSA) is 111 Å². The van der Waals surface area contributed by atoms with Crippen LogP contribution in [0.4, 0.5) is 24.5 Å². The Kier molecular flexibility index (Phi) is 8.74. The molecule has 0 fully saturated rings. The summed E-state index contributed by atoms with van der Waals surface area (Å²) in [6.45, 7) is 0.751. The number of halogens is 3. The second-order valence-corrected chi connectivity index (χ2v) is 10.0. The Labute approximate surface area is 223 Å². The van der Waals surface area contributed by atoms with Gasteiger partial charge in [0.2, 0.25) is 5.91 Å². The number of carbonyl (C=O) groups is 2. The number of alkyl halides is 3. The standard InChI is InChI=1S/C26H25F3N2O7S/c1-16-8-9-17(25(33)38-4)12-21(16)30-24(32)15-31(19-7-5-6-18(13-19)26(27,28)29)39(34,35)20-10-11-22(36-2)23(14-20)37-3/h5-14H,15H2,1-4H3,(H,30,32). The lowest BCUT2D eigenvalue weighted by Gasteiger charge is -2.25. The average Bonchev–Trinajstić information content (AvgIpc) is 2.91. The number of aryl methyl sites for hydroxylation is 1. The van der Waals surface area contributed by atoms with Crippen molar-refractivity contribution < 1.29 is 45.4 Å². The summed E-state index contributed by atoms with van der Waals surface area (Å²) in [5.41, 5.74) is -0.629. The van der Waals surface area contributed by atoms with E-state index in [-0.39, 0.29) is 27.6 Å². The fraction of sp³-hybridized carbons (Fsp3) is 0.231. The van der Waals surface area contributed by atoms with Crippen molar-refractivity contribution in [1.29, 1.82) is 0 Å². The molecule has 9 nitrogen and oxygen atoms in total. The van der Waals surface area contributed by atoms with Crippen LogP contribution in [-0.4, -0.2) is 48.2 Å². The predicted molar refractivity (Wildman–Crippen MR) is 137 cm³/mol. The molecule has 0 bridgehead atoms. The number of amides is 1. The van der Waals surface area contributed by atoms with Crippen molar-refractivity contribution in [3.63, 3.8) is 0 Å². The molecule has 0 saturated carbocycles. The van der Waals surface area contributed by atoms with E-state index >= 15 is 0 Å². The molecule has 0 aliphatic carbocycles. The molecule has 0 unspecified atom stereocenters. The Morgan fingerprint density at radius 1 is 0.923 bits per heavy atom. The molecule has 3 aromatic rings. The van der Waals surface area contributed by atoms with Gasteiger partial charge in [-0.3, -0.25) is 9.10 Å². The Bertz CT molecular complexity index is 1490. The summed E-state index contributed by atoms with van der Waals surface area (Å²) in [5, 5.41) is 2.52. The molecule has 0 aromatic heterocycles. The number of carbonyl (C=O) groups excluding carboxylic acids is 2. The highest BCUT2D eigenvalue weighted by Crippen LogP contribution is 2.35. The van der Waals surface area contributed by atoms with Crippen molar-refractivity contribution in [3.8, 4) is 11.5 Å². The van der Waals surface area contributed by atoms with Crippen molar-refractivity contribution in [1.82, 2.24) is 0 Å². The van der Waals surface area contributed by atoms with Gasteiger partial charge in [-0.05, 0) is 55.0 Å². The molecule has 0 aliphatic rings. The molecule has 0 spiro atoms. The van der Waals surface area contributed by atoms with Crippen LogP contribution in [0.3, 0.4) is 0 Å². The number of rotatable bonds is 9. The molecule has 3 rings (SSSR count). The van der Waals surface area contributed by atoms with E-state index in [0.29, 0.717) is 15.9 Å². The van der Waals surface area contributed by atoms with Crippen LogP contribution in [0.5, 0.6) is 11.5 Å². The summed E-state index contributed by atoms with van der Waals surface area (Å²) >= 11 is 0. The SMILES string of the molecule is COC(=O)c1ccc(C)c(NC(=O)CN(c2cccc(C(F)(F)F)c2)S(=O)(=O)c2ccc(OC)c(OC)c2)c1. The van der Waals surface area contributed by atoms with E-state index < -0.39 is 45.9 Å². The van der Waals surface area contributed by atoms with E-state index in [4.69, 9.17) is 9.47 Å². The Balaban J connectivity index is 2.07. The zero-order valence-electron chi connectivity index (χ0n) is 21.3. The van der Waals surface area contributed by atoms with Gasteiger partial charge in [-0.2, -0.15) is 13.2 Å². The first-order valence-corrected chi connectivity index (χ1v) is 12.7. The zero-order valence-corrected chi connectivity index (χ0v) is 22.1. The quantitative estimate of drug-likeness (QED) is 0.376. The highest BCUT2D eigenvalue weighted by Gasteiger charge is 2.33. The third kappa shape index (κ3) is 6.60. The van der Waals surface area contributed by atoms with Crippen LogP contribution in [0.1, 0.15) is 21.5 Å². The minimum Gasteiger partial charge on any atom is -0.493 e. The average molecular weight is 567 g/mol. The molecular weight excluding hydrogens is 541 g/mol. The van der Waals surface area contributed by atoms with Gasteiger partial charge in [-0.15, -0.1) is 0 Å². The predicted octanol–water partition coefficient (Wildman–Crippen LogP) is 4.65. The molecule has 0 atom stereocenters. The zero-order chi connectivity index (χ0) is 29.0. The first kappa shape index (κ1) is 29.3. The highest BCUT2D eigenvalue weighted by atomic mass is 32.2. The third-order valence-corrected chi connectivity index (χ3v) is 7.39. The monoisotopic (exact) mass is 566 g/mol. The molecule has 0 aliphatic heterocycles.